The third kappa shape index (κ3) is 2.55. The Labute approximate surface area is 117 Å². The van der Waals surface area contributed by atoms with Crippen molar-refractivity contribution < 1.29 is 0 Å². The van der Waals surface area contributed by atoms with E-state index in [0.717, 1.165) is 29.9 Å². The Morgan fingerprint density at radius 2 is 2.20 bits per heavy atom. The highest BCUT2D eigenvalue weighted by atomic mass is 15.4. The summed E-state index contributed by atoms with van der Waals surface area (Å²) < 4.78 is 3.78. The summed E-state index contributed by atoms with van der Waals surface area (Å²) in [7, 11) is 0. The van der Waals surface area contributed by atoms with E-state index < -0.39 is 0 Å². The van der Waals surface area contributed by atoms with Crippen molar-refractivity contribution in [3.63, 3.8) is 0 Å². The second-order valence-corrected chi connectivity index (χ2v) is 4.93. The van der Waals surface area contributed by atoms with Gasteiger partial charge < -0.3 is 10.1 Å². The van der Waals surface area contributed by atoms with Crippen molar-refractivity contribution in [3.8, 4) is 0 Å². The summed E-state index contributed by atoms with van der Waals surface area (Å²) in [5.41, 5.74) is 8.77. The summed E-state index contributed by atoms with van der Waals surface area (Å²) in [6, 6.07) is 5.90. The molecule has 3 rings (SSSR count). The predicted octanol–water partition coefficient (Wildman–Crippen LogP) is 1.77. The Bertz CT molecular complexity index is 665. The minimum absolute atomic E-state index is 0.0326. The molecule has 0 aromatic carbocycles. The zero-order valence-corrected chi connectivity index (χ0v) is 11.5. The minimum atomic E-state index is -0.0326. The van der Waals surface area contributed by atoms with Crippen molar-refractivity contribution in [3.05, 3.63) is 48.2 Å². The lowest BCUT2D eigenvalue weighted by atomic mass is 10.1. The standard InChI is InChI=1S/C14H18N6/c1-2-5-12(15)13-10-20(18-17-13)9-11-8-19-7-4-3-6-14(19)16-11/h3-4,6-8,10,12H,2,5,9,15H2,1H3. The molecule has 0 aliphatic heterocycles. The Hall–Kier alpha value is -2.21. The van der Waals surface area contributed by atoms with Gasteiger partial charge in [0, 0.05) is 12.4 Å². The lowest BCUT2D eigenvalue weighted by molar-refractivity contribution is 0.616. The maximum absolute atomic E-state index is 6.04. The molecule has 1 unspecified atom stereocenters. The third-order valence-electron chi connectivity index (χ3n) is 3.27. The summed E-state index contributed by atoms with van der Waals surface area (Å²) in [6.07, 6.45) is 7.86. The summed E-state index contributed by atoms with van der Waals surface area (Å²) in [5.74, 6) is 0. The number of nitrogens with zero attached hydrogens (tertiary/aromatic N) is 5. The van der Waals surface area contributed by atoms with Crippen LogP contribution >= 0.6 is 0 Å². The normalized spacial score (nSPS) is 12.9. The van der Waals surface area contributed by atoms with E-state index >= 15 is 0 Å². The molecule has 3 heterocycles. The first-order valence-electron chi connectivity index (χ1n) is 6.84. The zero-order valence-electron chi connectivity index (χ0n) is 11.5. The first-order chi connectivity index (χ1) is 9.76. The highest BCUT2D eigenvalue weighted by molar-refractivity contribution is 5.39. The number of rotatable bonds is 5. The van der Waals surface area contributed by atoms with E-state index in [0.29, 0.717) is 6.54 Å². The number of nitrogens with two attached hydrogens (primary N) is 1. The van der Waals surface area contributed by atoms with Gasteiger partial charge in [-0.2, -0.15) is 0 Å². The molecular weight excluding hydrogens is 252 g/mol. The molecule has 3 aromatic heterocycles. The van der Waals surface area contributed by atoms with Crippen LogP contribution in [0.15, 0.2) is 36.8 Å². The number of hydrogen-bond acceptors (Lipinski definition) is 4. The first kappa shape index (κ1) is 12.8. The van der Waals surface area contributed by atoms with Crippen molar-refractivity contribution in [2.45, 2.75) is 32.4 Å². The van der Waals surface area contributed by atoms with Crippen LogP contribution in [0, 0.1) is 0 Å². The Balaban J connectivity index is 1.77. The van der Waals surface area contributed by atoms with Crippen molar-refractivity contribution in [2.24, 2.45) is 5.73 Å². The molecule has 104 valence electrons. The van der Waals surface area contributed by atoms with E-state index in [-0.39, 0.29) is 6.04 Å². The van der Waals surface area contributed by atoms with Crippen LogP contribution in [-0.2, 0) is 6.54 Å². The fourth-order valence-corrected chi connectivity index (χ4v) is 2.25. The van der Waals surface area contributed by atoms with Crippen LogP contribution in [0.3, 0.4) is 0 Å². The van der Waals surface area contributed by atoms with E-state index in [1.807, 2.05) is 41.2 Å². The van der Waals surface area contributed by atoms with Gasteiger partial charge in [-0.15, -0.1) is 5.10 Å². The Kier molecular flexibility index (Phi) is 3.47. The third-order valence-corrected chi connectivity index (χ3v) is 3.27. The largest absolute Gasteiger partial charge is 0.323 e. The highest BCUT2D eigenvalue weighted by Crippen LogP contribution is 2.13. The summed E-state index contributed by atoms with van der Waals surface area (Å²) >= 11 is 0. The number of aromatic nitrogens is 5. The molecule has 0 saturated carbocycles. The molecule has 0 spiro atoms. The monoisotopic (exact) mass is 270 g/mol. The first-order valence-corrected chi connectivity index (χ1v) is 6.84. The van der Waals surface area contributed by atoms with Crippen LogP contribution in [0.2, 0.25) is 0 Å². The SMILES string of the molecule is CCCC(N)c1cn(Cc2cn3ccccc3n2)nn1. The summed E-state index contributed by atoms with van der Waals surface area (Å²) in [5, 5.41) is 8.26. The van der Waals surface area contributed by atoms with Crippen LogP contribution in [0.5, 0.6) is 0 Å². The minimum Gasteiger partial charge on any atom is -0.323 e. The van der Waals surface area contributed by atoms with Gasteiger partial charge in [-0.05, 0) is 18.6 Å². The molecule has 0 saturated heterocycles. The molecule has 20 heavy (non-hydrogen) atoms. The second-order valence-electron chi connectivity index (χ2n) is 4.93. The zero-order chi connectivity index (χ0) is 13.9. The fourth-order valence-electron chi connectivity index (χ4n) is 2.25. The number of pyridine rings is 1. The average molecular weight is 270 g/mol. The lowest BCUT2D eigenvalue weighted by Crippen LogP contribution is -2.10. The van der Waals surface area contributed by atoms with Crippen LogP contribution in [0.25, 0.3) is 5.65 Å². The maximum Gasteiger partial charge on any atom is 0.137 e. The molecule has 3 aromatic rings. The molecule has 1 atom stereocenters. The van der Waals surface area contributed by atoms with Crippen LogP contribution < -0.4 is 5.73 Å². The van der Waals surface area contributed by atoms with Crippen molar-refractivity contribution in [1.82, 2.24) is 24.4 Å². The van der Waals surface area contributed by atoms with E-state index in [4.69, 9.17) is 5.73 Å². The van der Waals surface area contributed by atoms with Crippen molar-refractivity contribution in [2.75, 3.05) is 0 Å². The quantitative estimate of drug-likeness (QED) is 0.767. The lowest BCUT2D eigenvalue weighted by Gasteiger charge is -2.04. The molecule has 0 aliphatic rings. The molecule has 0 amide bonds. The van der Waals surface area contributed by atoms with Crippen molar-refractivity contribution in [1.29, 1.82) is 0 Å². The Morgan fingerprint density at radius 3 is 3.00 bits per heavy atom. The van der Waals surface area contributed by atoms with Crippen LogP contribution in [-0.4, -0.2) is 24.4 Å². The van der Waals surface area contributed by atoms with Gasteiger partial charge >= 0.3 is 0 Å². The second kappa shape index (κ2) is 5.42. The Morgan fingerprint density at radius 1 is 1.30 bits per heavy atom. The van der Waals surface area contributed by atoms with Gasteiger partial charge in [-0.25, -0.2) is 9.67 Å². The molecule has 2 N–H and O–H groups in total. The van der Waals surface area contributed by atoms with Crippen LogP contribution in [0.4, 0.5) is 0 Å². The summed E-state index contributed by atoms with van der Waals surface area (Å²) in [6.45, 7) is 2.72. The number of fused-ring (bicyclic) bond motifs is 1. The van der Waals surface area contributed by atoms with Crippen LogP contribution in [0.1, 0.15) is 37.2 Å². The highest BCUT2D eigenvalue weighted by Gasteiger charge is 2.10. The average Bonchev–Trinajstić information content (AvgIpc) is 3.05. The molecule has 0 fully saturated rings. The molecule has 0 aliphatic carbocycles. The van der Waals surface area contributed by atoms with E-state index in [1.54, 1.807) is 4.68 Å². The number of hydrogen-bond donors (Lipinski definition) is 1. The molecule has 0 radical (unpaired) electrons. The van der Waals surface area contributed by atoms with Gasteiger partial charge in [-0.3, -0.25) is 0 Å². The smallest absolute Gasteiger partial charge is 0.137 e. The van der Waals surface area contributed by atoms with Gasteiger partial charge in [0.25, 0.3) is 0 Å². The topological polar surface area (TPSA) is 74.0 Å². The van der Waals surface area contributed by atoms with E-state index in [9.17, 15) is 0 Å². The molecule has 6 nitrogen and oxygen atoms in total. The molecule has 0 bridgehead atoms. The van der Waals surface area contributed by atoms with Gasteiger partial charge in [0.1, 0.15) is 5.65 Å². The molecular formula is C14H18N6. The number of imidazole rings is 1. The van der Waals surface area contributed by atoms with Gasteiger partial charge in [0.15, 0.2) is 0 Å². The predicted molar refractivity (Wildman–Crippen MR) is 76.2 cm³/mol. The van der Waals surface area contributed by atoms with Crippen molar-refractivity contribution >= 4 is 5.65 Å². The van der Waals surface area contributed by atoms with Gasteiger partial charge in [0.2, 0.25) is 0 Å². The van der Waals surface area contributed by atoms with Gasteiger partial charge in [0.05, 0.1) is 30.2 Å². The van der Waals surface area contributed by atoms with E-state index in [2.05, 4.69) is 22.2 Å². The fraction of sp³-hybridized carbons (Fsp3) is 0.357. The van der Waals surface area contributed by atoms with Gasteiger partial charge in [-0.1, -0.05) is 24.6 Å². The summed E-state index contributed by atoms with van der Waals surface area (Å²) in [4.78, 5) is 4.54. The molecule has 6 heteroatoms. The van der Waals surface area contributed by atoms with E-state index in [1.165, 1.54) is 0 Å². The maximum atomic E-state index is 6.04.